The van der Waals surface area contributed by atoms with E-state index in [-0.39, 0.29) is 0 Å². The summed E-state index contributed by atoms with van der Waals surface area (Å²) in [5.74, 6) is -1.58. The summed E-state index contributed by atoms with van der Waals surface area (Å²) in [5.41, 5.74) is 0.424. The summed E-state index contributed by atoms with van der Waals surface area (Å²) in [6.45, 7) is 1.11. The molecule has 1 aromatic heterocycles. The van der Waals surface area contributed by atoms with Crippen molar-refractivity contribution in [1.82, 2.24) is 9.55 Å². The van der Waals surface area contributed by atoms with Gasteiger partial charge in [0.2, 0.25) is 0 Å². The Bertz CT molecular complexity index is 357. The molecule has 0 saturated heterocycles. The molecule has 0 spiro atoms. The average molecular weight is 185 g/mol. The maximum Gasteiger partial charge on any atom is 0.435 e. The van der Waals surface area contributed by atoms with Gasteiger partial charge in [0.25, 0.3) is 0 Å². The molecule has 13 heavy (non-hydrogen) atoms. The van der Waals surface area contributed by atoms with E-state index in [2.05, 4.69) is 4.98 Å². The fourth-order valence-electron chi connectivity index (χ4n) is 0.942. The van der Waals surface area contributed by atoms with Crippen LogP contribution in [0.15, 0.2) is 6.20 Å². The SMILES string of the molecule is Cc1cn(CC(=O)O)c([N+](=O)[O-])n1. The number of aliphatic carboxylic acids is 1. The van der Waals surface area contributed by atoms with Crippen LogP contribution >= 0.6 is 0 Å². The smallest absolute Gasteiger partial charge is 0.435 e. The first kappa shape index (κ1) is 9.17. The van der Waals surface area contributed by atoms with Gasteiger partial charge in [0.15, 0.2) is 6.54 Å². The van der Waals surface area contributed by atoms with Gasteiger partial charge in [0, 0.05) is 0 Å². The van der Waals surface area contributed by atoms with Crippen molar-refractivity contribution >= 4 is 11.9 Å². The third kappa shape index (κ3) is 2.01. The van der Waals surface area contributed by atoms with E-state index >= 15 is 0 Å². The third-order valence-electron chi connectivity index (χ3n) is 1.34. The second-order valence-corrected chi connectivity index (χ2v) is 2.46. The Hall–Kier alpha value is -1.92. The molecule has 0 fully saturated rings. The van der Waals surface area contributed by atoms with E-state index in [9.17, 15) is 14.9 Å². The Kier molecular flexibility index (Phi) is 2.27. The van der Waals surface area contributed by atoms with Crippen LogP contribution in [0.25, 0.3) is 0 Å². The fourth-order valence-corrected chi connectivity index (χ4v) is 0.942. The number of imidazole rings is 1. The number of hydrogen-bond donors (Lipinski definition) is 1. The Labute approximate surface area is 72.8 Å². The predicted octanol–water partition coefficient (Wildman–Crippen LogP) is 0.184. The van der Waals surface area contributed by atoms with Gasteiger partial charge < -0.3 is 15.2 Å². The highest BCUT2D eigenvalue weighted by atomic mass is 16.6. The fraction of sp³-hybridized carbons (Fsp3) is 0.333. The van der Waals surface area contributed by atoms with Crippen molar-refractivity contribution in [3.8, 4) is 0 Å². The molecule has 0 bridgehead atoms. The second-order valence-electron chi connectivity index (χ2n) is 2.46. The number of carboxylic acid groups (broad SMARTS) is 1. The molecule has 0 aliphatic carbocycles. The van der Waals surface area contributed by atoms with Crippen molar-refractivity contribution < 1.29 is 14.8 Å². The highest BCUT2D eigenvalue weighted by Crippen LogP contribution is 2.10. The average Bonchev–Trinajstić information content (AvgIpc) is 2.29. The predicted molar refractivity (Wildman–Crippen MR) is 41.3 cm³/mol. The molecule has 1 aromatic rings. The van der Waals surface area contributed by atoms with Gasteiger partial charge in [-0.05, 0) is 11.8 Å². The van der Waals surface area contributed by atoms with Crippen LogP contribution < -0.4 is 0 Å². The number of nitro groups is 1. The largest absolute Gasteiger partial charge is 0.479 e. The highest BCUT2D eigenvalue weighted by Gasteiger charge is 2.18. The lowest BCUT2D eigenvalue weighted by atomic mass is 10.5. The number of aromatic nitrogens is 2. The summed E-state index contributed by atoms with van der Waals surface area (Å²) < 4.78 is 0.984. The Morgan fingerprint density at radius 3 is 2.92 bits per heavy atom. The molecule has 0 saturated carbocycles. The number of carbonyl (C=O) groups is 1. The lowest BCUT2D eigenvalue weighted by Gasteiger charge is -1.95. The standard InChI is InChI=1S/C6H7N3O4/c1-4-2-8(3-5(10)11)6(7-4)9(12)13/h2H,3H2,1H3,(H,10,11). The second kappa shape index (κ2) is 3.21. The van der Waals surface area contributed by atoms with Gasteiger partial charge in [0.05, 0.1) is 0 Å². The normalized spacial score (nSPS) is 9.92. The summed E-state index contributed by atoms with van der Waals surface area (Å²) in [6.07, 6.45) is 1.33. The summed E-state index contributed by atoms with van der Waals surface area (Å²) in [4.78, 5) is 23.5. The van der Waals surface area contributed by atoms with Gasteiger partial charge in [-0.3, -0.25) is 0 Å². The van der Waals surface area contributed by atoms with Crippen molar-refractivity contribution in [2.24, 2.45) is 0 Å². The summed E-state index contributed by atoms with van der Waals surface area (Å²) in [6, 6.07) is 0. The van der Waals surface area contributed by atoms with Gasteiger partial charge in [-0.2, -0.15) is 0 Å². The third-order valence-corrected chi connectivity index (χ3v) is 1.34. The Balaban J connectivity index is 3.04. The van der Waals surface area contributed by atoms with Crippen molar-refractivity contribution in [2.75, 3.05) is 0 Å². The van der Waals surface area contributed by atoms with Gasteiger partial charge in [-0.25, -0.2) is 9.36 Å². The molecule has 1 N–H and O–H groups in total. The van der Waals surface area contributed by atoms with Crippen LogP contribution in [0.2, 0.25) is 0 Å². The molecule has 7 heteroatoms. The van der Waals surface area contributed by atoms with Crippen molar-refractivity contribution in [2.45, 2.75) is 13.5 Å². The van der Waals surface area contributed by atoms with E-state index in [4.69, 9.17) is 5.11 Å². The quantitative estimate of drug-likeness (QED) is 0.535. The zero-order valence-electron chi connectivity index (χ0n) is 6.80. The van der Waals surface area contributed by atoms with Gasteiger partial charge in [0.1, 0.15) is 11.9 Å². The van der Waals surface area contributed by atoms with Crippen molar-refractivity contribution in [1.29, 1.82) is 0 Å². The molecule has 70 valence electrons. The maximum absolute atomic E-state index is 10.3. The number of rotatable bonds is 3. The van der Waals surface area contributed by atoms with Crippen LogP contribution in [0.1, 0.15) is 5.69 Å². The minimum Gasteiger partial charge on any atom is -0.479 e. The van der Waals surface area contributed by atoms with E-state index in [1.807, 2.05) is 0 Å². The van der Waals surface area contributed by atoms with E-state index in [1.165, 1.54) is 6.20 Å². The first-order valence-electron chi connectivity index (χ1n) is 3.40. The van der Waals surface area contributed by atoms with E-state index in [1.54, 1.807) is 6.92 Å². The molecule has 0 aliphatic heterocycles. The zero-order valence-corrected chi connectivity index (χ0v) is 6.80. The van der Waals surface area contributed by atoms with Gasteiger partial charge >= 0.3 is 11.9 Å². The van der Waals surface area contributed by atoms with E-state index < -0.39 is 23.4 Å². The Morgan fingerprint density at radius 2 is 2.46 bits per heavy atom. The summed E-state index contributed by atoms with van der Waals surface area (Å²) >= 11 is 0. The molecule has 1 heterocycles. The van der Waals surface area contributed by atoms with Crippen LogP contribution in [-0.2, 0) is 11.3 Å². The van der Waals surface area contributed by atoms with Crippen LogP contribution in [0.3, 0.4) is 0 Å². The van der Waals surface area contributed by atoms with Crippen molar-refractivity contribution in [3.05, 3.63) is 22.0 Å². The molecule has 0 aliphatic rings. The minimum atomic E-state index is -1.14. The first-order valence-corrected chi connectivity index (χ1v) is 3.40. The molecule has 7 nitrogen and oxygen atoms in total. The Morgan fingerprint density at radius 1 is 1.85 bits per heavy atom. The first-order chi connectivity index (χ1) is 6.00. The van der Waals surface area contributed by atoms with Crippen LogP contribution in [0.5, 0.6) is 0 Å². The van der Waals surface area contributed by atoms with E-state index in [0.717, 1.165) is 4.57 Å². The lowest BCUT2D eigenvalue weighted by Crippen LogP contribution is -2.10. The summed E-state index contributed by atoms with van der Waals surface area (Å²) in [7, 11) is 0. The molecule has 0 atom stereocenters. The molecule has 0 unspecified atom stereocenters. The molecular formula is C6H7N3O4. The summed E-state index contributed by atoms with van der Waals surface area (Å²) in [5, 5.41) is 18.8. The van der Waals surface area contributed by atoms with Gasteiger partial charge in [-0.15, -0.1) is 0 Å². The molecular weight excluding hydrogens is 178 g/mol. The number of aryl methyl sites for hydroxylation is 1. The monoisotopic (exact) mass is 185 g/mol. The topological polar surface area (TPSA) is 98.3 Å². The van der Waals surface area contributed by atoms with Crippen molar-refractivity contribution in [3.63, 3.8) is 0 Å². The van der Waals surface area contributed by atoms with Gasteiger partial charge in [-0.1, -0.05) is 4.98 Å². The number of hydrogen-bond acceptors (Lipinski definition) is 4. The molecule has 1 rings (SSSR count). The van der Waals surface area contributed by atoms with E-state index in [0.29, 0.717) is 5.69 Å². The zero-order chi connectivity index (χ0) is 10.0. The number of nitrogens with zero attached hydrogens (tertiary/aromatic N) is 3. The van der Waals surface area contributed by atoms with Crippen LogP contribution in [-0.4, -0.2) is 25.6 Å². The maximum atomic E-state index is 10.3. The van der Waals surface area contributed by atoms with Crippen LogP contribution in [0.4, 0.5) is 5.95 Å². The number of carboxylic acids is 1. The molecule has 0 radical (unpaired) electrons. The highest BCUT2D eigenvalue weighted by molar-refractivity contribution is 5.66. The lowest BCUT2D eigenvalue weighted by molar-refractivity contribution is -0.396. The molecule has 0 aromatic carbocycles. The minimum absolute atomic E-state index is 0.424. The molecule has 0 amide bonds. The van der Waals surface area contributed by atoms with Crippen LogP contribution in [0, 0.1) is 17.0 Å².